The van der Waals surface area contributed by atoms with Crippen LogP contribution in [0, 0.1) is 11.6 Å². The zero-order chi connectivity index (χ0) is 13.8. The van der Waals surface area contributed by atoms with Crippen LogP contribution >= 0.6 is 15.9 Å². The summed E-state index contributed by atoms with van der Waals surface area (Å²) in [5, 5.41) is 0. The monoisotopic (exact) mass is 331 g/mol. The van der Waals surface area contributed by atoms with Crippen molar-refractivity contribution in [2.24, 2.45) is 0 Å². The first-order valence-electron chi connectivity index (χ1n) is 7.00. The maximum absolute atomic E-state index is 14.0. The molecule has 1 aliphatic heterocycles. The molecule has 0 saturated carbocycles. The van der Waals surface area contributed by atoms with Gasteiger partial charge in [0.1, 0.15) is 11.6 Å². The van der Waals surface area contributed by atoms with Crippen LogP contribution < -0.4 is 0 Å². The topological polar surface area (TPSA) is 3.24 Å². The molecule has 0 radical (unpaired) electrons. The molecule has 1 aliphatic rings. The van der Waals surface area contributed by atoms with Crippen LogP contribution in [0.1, 0.15) is 44.6 Å². The fraction of sp³-hybridized carbons (Fsp3) is 0.600. The molecule has 1 fully saturated rings. The molecule has 1 saturated heterocycles. The average molecular weight is 332 g/mol. The third-order valence-corrected chi connectivity index (χ3v) is 4.48. The lowest BCUT2D eigenvalue weighted by Gasteiger charge is -2.35. The van der Waals surface area contributed by atoms with Crippen molar-refractivity contribution >= 4 is 15.9 Å². The number of benzene rings is 1. The predicted molar refractivity (Wildman–Crippen MR) is 77.0 cm³/mol. The molecule has 1 atom stereocenters. The van der Waals surface area contributed by atoms with Crippen molar-refractivity contribution in [2.75, 3.05) is 6.54 Å². The summed E-state index contributed by atoms with van der Waals surface area (Å²) in [6.45, 7) is 3.48. The molecule has 106 valence electrons. The first-order chi connectivity index (χ1) is 9.13. The second-order valence-electron chi connectivity index (χ2n) is 5.23. The summed E-state index contributed by atoms with van der Waals surface area (Å²) < 4.78 is 28.2. The van der Waals surface area contributed by atoms with Gasteiger partial charge in [0.15, 0.2) is 0 Å². The fourth-order valence-electron chi connectivity index (χ4n) is 2.85. The van der Waals surface area contributed by atoms with Crippen LogP contribution in [-0.2, 0) is 6.54 Å². The smallest absolute Gasteiger partial charge is 0.144 e. The lowest BCUT2D eigenvalue weighted by molar-refractivity contribution is 0.128. The molecule has 0 N–H and O–H groups in total. The van der Waals surface area contributed by atoms with E-state index in [1.807, 2.05) is 0 Å². The summed E-state index contributed by atoms with van der Waals surface area (Å²) in [6.07, 6.45) is 5.72. The molecular formula is C15H20BrF2N. The van der Waals surface area contributed by atoms with Gasteiger partial charge in [-0.25, -0.2) is 8.78 Å². The van der Waals surface area contributed by atoms with Crippen molar-refractivity contribution in [2.45, 2.75) is 51.6 Å². The second-order valence-corrected chi connectivity index (χ2v) is 6.08. The third-order valence-electron chi connectivity index (χ3n) is 3.87. The zero-order valence-electron chi connectivity index (χ0n) is 11.3. The first-order valence-corrected chi connectivity index (χ1v) is 7.79. The van der Waals surface area contributed by atoms with Gasteiger partial charge in [0, 0.05) is 18.2 Å². The maximum atomic E-state index is 14.0. The largest absolute Gasteiger partial charge is 0.296 e. The molecule has 4 heteroatoms. The molecule has 0 aromatic heterocycles. The Bertz CT molecular complexity index is 434. The van der Waals surface area contributed by atoms with E-state index >= 15 is 0 Å². The molecule has 1 unspecified atom stereocenters. The van der Waals surface area contributed by atoms with Gasteiger partial charge in [-0.3, -0.25) is 4.90 Å². The van der Waals surface area contributed by atoms with Gasteiger partial charge in [-0.2, -0.15) is 0 Å². The number of hydrogen-bond donors (Lipinski definition) is 0. The van der Waals surface area contributed by atoms with Gasteiger partial charge in [-0.15, -0.1) is 0 Å². The highest BCUT2D eigenvalue weighted by Crippen LogP contribution is 2.27. The summed E-state index contributed by atoms with van der Waals surface area (Å²) >= 11 is 3.13. The van der Waals surface area contributed by atoms with Crippen LogP contribution in [0.25, 0.3) is 0 Å². The summed E-state index contributed by atoms with van der Waals surface area (Å²) in [5.41, 5.74) is 0.192. The van der Waals surface area contributed by atoms with Gasteiger partial charge in [-0.1, -0.05) is 19.8 Å². The first kappa shape index (κ1) is 14.9. The quantitative estimate of drug-likeness (QED) is 0.710. The molecule has 1 heterocycles. The van der Waals surface area contributed by atoms with Crippen LogP contribution in [0.15, 0.2) is 16.6 Å². The fourth-order valence-corrected chi connectivity index (χ4v) is 3.22. The van der Waals surface area contributed by atoms with Crippen LogP contribution in [0.4, 0.5) is 8.78 Å². The molecule has 1 aromatic rings. The van der Waals surface area contributed by atoms with Crippen molar-refractivity contribution in [1.29, 1.82) is 0 Å². The van der Waals surface area contributed by atoms with E-state index in [4.69, 9.17) is 0 Å². The minimum absolute atomic E-state index is 0.192. The SMILES string of the molecule is CCCC1CCCCN1Cc1c(F)ccc(Br)c1F. The highest BCUT2D eigenvalue weighted by molar-refractivity contribution is 9.10. The van der Waals surface area contributed by atoms with E-state index in [9.17, 15) is 8.78 Å². The minimum Gasteiger partial charge on any atom is -0.296 e. The van der Waals surface area contributed by atoms with E-state index < -0.39 is 11.6 Å². The van der Waals surface area contributed by atoms with Crippen LogP contribution in [0.2, 0.25) is 0 Å². The Morgan fingerprint density at radius 2 is 2.11 bits per heavy atom. The molecule has 0 amide bonds. The number of halogens is 3. The Hall–Kier alpha value is -0.480. The van der Waals surface area contributed by atoms with E-state index in [2.05, 4.69) is 27.8 Å². The van der Waals surface area contributed by atoms with Gasteiger partial charge in [-0.05, 0) is 53.9 Å². The lowest BCUT2D eigenvalue weighted by Crippen LogP contribution is -2.39. The third kappa shape index (κ3) is 3.54. The normalized spacial score (nSPS) is 20.7. The number of rotatable bonds is 4. The molecule has 0 aliphatic carbocycles. The van der Waals surface area contributed by atoms with Crippen LogP contribution in [0.5, 0.6) is 0 Å². The van der Waals surface area contributed by atoms with E-state index in [1.165, 1.54) is 18.6 Å². The maximum Gasteiger partial charge on any atom is 0.144 e. The zero-order valence-corrected chi connectivity index (χ0v) is 12.8. The Morgan fingerprint density at radius 3 is 2.84 bits per heavy atom. The van der Waals surface area contributed by atoms with Crippen molar-refractivity contribution < 1.29 is 8.78 Å². The Morgan fingerprint density at radius 1 is 1.32 bits per heavy atom. The van der Waals surface area contributed by atoms with E-state index in [0.29, 0.717) is 17.1 Å². The van der Waals surface area contributed by atoms with Crippen molar-refractivity contribution in [1.82, 2.24) is 4.90 Å². The molecule has 1 nitrogen and oxygen atoms in total. The van der Waals surface area contributed by atoms with E-state index in [1.54, 1.807) is 0 Å². The van der Waals surface area contributed by atoms with E-state index in [0.717, 1.165) is 32.2 Å². The van der Waals surface area contributed by atoms with Crippen molar-refractivity contribution in [3.05, 3.63) is 33.8 Å². The Balaban J connectivity index is 2.17. The Labute approximate surface area is 122 Å². The summed E-state index contributed by atoms with van der Waals surface area (Å²) in [4.78, 5) is 2.24. The lowest BCUT2D eigenvalue weighted by atomic mass is 9.97. The van der Waals surface area contributed by atoms with Gasteiger partial charge in [0.2, 0.25) is 0 Å². The van der Waals surface area contributed by atoms with Crippen molar-refractivity contribution in [3.8, 4) is 0 Å². The predicted octanol–water partition coefficient (Wildman–Crippen LogP) is 4.88. The number of piperidine rings is 1. The summed E-state index contributed by atoms with van der Waals surface area (Å²) in [5.74, 6) is -0.901. The van der Waals surface area contributed by atoms with Gasteiger partial charge < -0.3 is 0 Å². The summed E-state index contributed by atoms with van der Waals surface area (Å²) in [6, 6.07) is 3.23. The highest BCUT2D eigenvalue weighted by atomic mass is 79.9. The van der Waals surface area contributed by atoms with Crippen LogP contribution in [-0.4, -0.2) is 17.5 Å². The number of nitrogens with zero attached hydrogens (tertiary/aromatic N) is 1. The van der Waals surface area contributed by atoms with Crippen molar-refractivity contribution in [3.63, 3.8) is 0 Å². The van der Waals surface area contributed by atoms with E-state index in [-0.39, 0.29) is 5.56 Å². The highest BCUT2D eigenvalue weighted by Gasteiger charge is 2.24. The van der Waals surface area contributed by atoms with Crippen LogP contribution in [0.3, 0.4) is 0 Å². The van der Waals surface area contributed by atoms with Gasteiger partial charge in [0.25, 0.3) is 0 Å². The number of hydrogen-bond acceptors (Lipinski definition) is 1. The molecule has 0 spiro atoms. The summed E-state index contributed by atoms with van der Waals surface area (Å²) in [7, 11) is 0. The minimum atomic E-state index is -0.458. The molecular weight excluding hydrogens is 312 g/mol. The standard InChI is InChI=1S/C15H20BrF2N/c1-2-5-11-6-3-4-9-19(11)10-12-14(17)8-7-13(16)15(12)18/h7-8,11H,2-6,9-10H2,1H3. The molecule has 2 rings (SSSR count). The van der Waals surface area contributed by atoms with Gasteiger partial charge in [0.05, 0.1) is 4.47 Å². The van der Waals surface area contributed by atoms with Gasteiger partial charge >= 0.3 is 0 Å². The molecule has 19 heavy (non-hydrogen) atoms. The molecule has 1 aromatic carbocycles. The second kappa shape index (κ2) is 6.80. The Kier molecular flexibility index (Phi) is 5.34. The number of likely N-dealkylation sites (tertiary alicyclic amines) is 1. The molecule has 0 bridgehead atoms. The average Bonchev–Trinajstić information content (AvgIpc) is 2.41.